The normalized spacial score (nSPS) is 11.3. The summed E-state index contributed by atoms with van der Waals surface area (Å²) in [5.74, 6) is 1.66. The van der Waals surface area contributed by atoms with Crippen LogP contribution >= 0.6 is 0 Å². The van der Waals surface area contributed by atoms with Crippen LogP contribution in [-0.2, 0) is 6.61 Å². The first-order valence-electron chi connectivity index (χ1n) is 11.2. The number of benzene rings is 5. The van der Waals surface area contributed by atoms with E-state index in [2.05, 4.69) is 60.7 Å². The predicted molar refractivity (Wildman–Crippen MR) is 137 cm³/mol. The summed E-state index contributed by atoms with van der Waals surface area (Å²) in [6.45, 7) is 3.12. The van der Waals surface area contributed by atoms with E-state index in [1.165, 1.54) is 10.8 Å². The van der Waals surface area contributed by atoms with Crippen LogP contribution in [0.25, 0.3) is 21.5 Å². The van der Waals surface area contributed by atoms with Crippen LogP contribution in [-0.4, -0.2) is 12.8 Å². The monoisotopic (exact) mass is 431 g/mol. The van der Waals surface area contributed by atoms with Crippen LogP contribution < -0.4 is 9.47 Å². The topological polar surface area (TPSA) is 30.8 Å². The van der Waals surface area contributed by atoms with Gasteiger partial charge in [0.25, 0.3) is 0 Å². The highest BCUT2D eigenvalue weighted by Gasteiger charge is 2.09. The average molecular weight is 432 g/mol. The molecule has 3 heteroatoms. The molecule has 0 N–H and O–H groups in total. The number of aliphatic imine (C=N–C) groups is 1. The van der Waals surface area contributed by atoms with E-state index in [1.807, 2.05) is 55.6 Å². The Morgan fingerprint density at radius 2 is 1.36 bits per heavy atom. The van der Waals surface area contributed by atoms with Gasteiger partial charge in [-0.1, -0.05) is 72.8 Å². The van der Waals surface area contributed by atoms with Gasteiger partial charge in [-0.2, -0.15) is 0 Å². The smallest absolute Gasteiger partial charge is 0.129 e. The lowest BCUT2D eigenvalue weighted by Crippen LogP contribution is -2.00. The van der Waals surface area contributed by atoms with E-state index in [-0.39, 0.29) is 0 Å². The minimum absolute atomic E-state index is 0.490. The molecule has 5 aromatic rings. The first-order valence-corrected chi connectivity index (χ1v) is 11.2. The van der Waals surface area contributed by atoms with Crippen LogP contribution in [0.4, 0.5) is 5.69 Å². The van der Waals surface area contributed by atoms with E-state index in [4.69, 9.17) is 14.5 Å². The van der Waals surface area contributed by atoms with Gasteiger partial charge < -0.3 is 9.47 Å². The lowest BCUT2D eigenvalue weighted by molar-refractivity contribution is 0.307. The molecule has 0 aliphatic carbocycles. The fourth-order valence-electron chi connectivity index (χ4n) is 4.04. The first-order chi connectivity index (χ1) is 16.3. The molecule has 0 heterocycles. The summed E-state index contributed by atoms with van der Waals surface area (Å²) in [5, 5.41) is 4.70. The van der Waals surface area contributed by atoms with Crippen LogP contribution in [0.3, 0.4) is 0 Å². The Morgan fingerprint density at radius 1 is 0.667 bits per heavy atom. The molecule has 0 fully saturated rings. The number of fused-ring (bicyclic) bond motifs is 2. The minimum Gasteiger partial charge on any atom is -0.494 e. The third kappa shape index (κ3) is 4.58. The molecule has 5 rings (SSSR count). The molecule has 3 nitrogen and oxygen atoms in total. The molecular weight excluding hydrogens is 406 g/mol. The van der Waals surface area contributed by atoms with E-state index in [1.54, 1.807) is 0 Å². The van der Waals surface area contributed by atoms with Crippen molar-refractivity contribution in [3.63, 3.8) is 0 Å². The molecule has 0 radical (unpaired) electrons. The highest BCUT2D eigenvalue weighted by molar-refractivity contribution is 6.03. The summed E-state index contributed by atoms with van der Waals surface area (Å²) in [4.78, 5) is 4.73. The summed E-state index contributed by atoms with van der Waals surface area (Å²) in [6, 6.07) is 35.0. The van der Waals surface area contributed by atoms with Crippen LogP contribution in [0, 0.1) is 0 Å². The lowest BCUT2D eigenvalue weighted by Gasteiger charge is -2.13. The number of nitrogens with zero attached hydrogens (tertiary/aromatic N) is 1. The summed E-state index contributed by atoms with van der Waals surface area (Å²) < 4.78 is 11.9. The molecule has 0 aliphatic rings. The van der Waals surface area contributed by atoms with Crippen molar-refractivity contribution >= 4 is 33.4 Å². The van der Waals surface area contributed by atoms with Gasteiger partial charge >= 0.3 is 0 Å². The Hall–Kier alpha value is -4.11. The molecule has 5 aromatic carbocycles. The second kappa shape index (κ2) is 9.58. The van der Waals surface area contributed by atoms with Crippen molar-refractivity contribution in [3.8, 4) is 11.5 Å². The summed E-state index contributed by atoms with van der Waals surface area (Å²) in [6.07, 6.45) is 1.90. The van der Waals surface area contributed by atoms with Crippen LogP contribution in [0.15, 0.2) is 108 Å². The molecule has 0 unspecified atom stereocenters. The molecule has 0 spiro atoms. The molecule has 0 aromatic heterocycles. The first kappa shape index (κ1) is 20.8. The van der Waals surface area contributed by atoms with Gasteiger partial charge in [0.2, 0.25) is 0 Å². The summed E-state index contributed by atoms with van der Waals surface area (Å²) in [7, 11) is 0. The Labute approximate surface area is 193 Å². The molecule has 0 aliphatic heterocycles. The van der Waals surface area contributed by atoms with Crippen molar-refractivity contribution in [2.75, 3.05) is 6.61 Å². The highest BCUT2D eigenvalue weighted by atomic mass is 16.5. The van der Waals surface area contributed by atoms with Gasteiger partial charge in [0.15, 0.2) is 0 Å². The zero-order valence-corrected chi connectivity index (χ0v) is 18.6. The molecular formula is C30H25NO2. The Morgan fingerprint density at radius 3 is 2.15 bits per heavy atom. The SMILES string of the molecule is CCOc1ccc(N=Cc2c(OCc3cccc4ccccc34)ccc3ccccc23)cc1. The van der Waals surface area contributed by atoms with Crippen molar-refractivity contribution in [1.29, 1.82) is 0 Å². The highest BCUT2D eigenvalue weighted by Crippen LogP contribution is 2.29. The molecule has 0 bridgehead atoms. The third-order valence-corrected chi connectivity index (χ3v) is 5.68. The number of rotatable bonds is 7. The van der Waals surface area contributed by atoms with Gasteiger partial charge in [0.05, 0.1) is 12.3 Å². The standard InChI is InChI=1S/C30H25NO2/c1-2-32-26-17-15-25(16-18-26)31-20-29-28-13-6-4-9-23(28)14-19-30(29)33-21-24-11-7-10-22-8-3-5-12-27(22)24/h3-20H,2,21H2,1H3. The minimum atomic E-state index is 0.490. The van der Waals surface area contributed by atoms with Crippen LogP contribution in [0.1, 0.15) is 18.1 Å². The Kier molecular flexibility index (Phi) is 6.03. The number of ether oxygens (including phenoxy) is 2. The van der Waals surface area contributed by atoms with Gasteiger partial charge in [-0.15, -0.1) is 0 Å². The largest absolute Gasteiger partial charge is 0.494 e. The van der Waals surface area contributed by atoms with Crippen LogP contribution in [0.2, 0.25) is 0 Å². The van der Waals surface area contributed by atoms with Gasteiger partial charge in [-0.3, -0.25) is 4.99 Å². The van der Waals surface area contributed by atoms with Crippen molar-refractivity contribution in [2.24, 2.45) is 4.99 Å². The fraction of sp³-hybridized carbons (Fsp3) is 0.100. The maximum Gasteiger partial charge on any atom is 0.129 e. The van der Waals surface area contributed by atoms with E-state index in [0.29, 0.717) is 13.2 Å². The quantitative estimate of drug-likeness (QED) is 0.247. The van der Waals surface area contributed by atoms with Gasteiger partial charge in [0, 0.05) is 11.8 Å². The molecule has 0 saturated heterocycles. The van der Waals surface area contributed by atoms with Gasteiger partial charge in [-0.05, 0) is 64.4 Å². The predicted octanol–water partition coefficient (Wildman–Crippen LogP) is 7.72. The zero-order chi connectivity index (χ0) is 22.5. The van der Waals surface area contributed by atoms with Gasteiger partial charge in [0.1, 0.15) is 18.1 Å². The Balaban J connectivity index is 1.48. The van der Waals surface area contributed by atoms with E-state index in [9.17, 15) is 0 Å². The lowest BCUT2D eigenvalue weighted by atomic mass is 10.0. The van der Waals surface area contributed by atoms with Gasteiger partial charge in [-0.25, -0.2) is 0 Å². The summed E-state index contributed by atoms with van der Waals surface area (Å²) >= 11 is 0. The van der Waals surface area contributed by atoms with E-state index in [0.717, 1.165) is 39.1 Å². The zero-order valence-electron chi connectivity index (χ0n) is 18.6. The molecule has 0 atom stereocenters. The van der Waals surface area contributed by atoms with E-state index >= 15 is 0 Å². The average Bonchev–Trinajstić information content (AvgIpc) is 2.87. The molecule has 0 saturated carbocycles. The molecule has 0 amide bonds. The van der Waals surface area contributed by atoms with Crippen molar-refractivity contribution in [1.82, 2.24) is 0 Å². The van der Waals surface area contributed by atoms with Crippen molar-refractivity contribution in [2.45, 2.75) is 13.5 Å². The maximum absolute atomic E-state index is 6.37. The Bertz CT molecular complexity index is 1420. The van der Waals surface area contributed by atoms with Crippen LogP contribution in [0.5, 0.6) is 11.5 Å². The molecule has 162 valence electrons. The fourth-order valence-corrected chi connectivity index (χ4v) is 4.04. The summed E-state index contributed by atoms with van der Waals surface area (Å²) in [5.41, 5.74) is 3.00. The number of hydrogen-bond donors (Lipinski definition) is 0. The second-order valence-electron chi connectivity index (χ2n) is 7.81. The second-order valence-corrected chi connectivity index (χ2v) is 7.81. The van der Waals surface area contributed by atoms with Crippen molar-refractivity contribution in [3.05, 3.63) is 114 Å². The maximum atomic E-state index is 6.37. The van der Waals surface area contributed by atoms with Crippen molar-refractivity contribution < 1.29 is 9.47 Å². The number of hydrogen-bond acceptors (Lipinski definition) is 3. The third-order valence-electron chi connectivity index (χ3n) is 5.68. The van der Waals surface area contributed by atoms with E-state index < -0.39 is 0 Å². The molecule has 33 heavy (non-hydrogen) atoms.